The highest BCUT2D eigenvalue weighted by molar-refractivity contribution is 5.79. The van der Waals surface area contributed by atoms with Crippen LogP contribution in [0.5, 0.6) is 0 Å². The minimum absolute atomic E-state index is 0.320. The van der Waals surface area contributed by atoms with Crippen LogP contribution in [0.2, 0.25) is 0 Å². The van der Waals surface area contributed by atoms with Gasteiger partial charge in [0.2, 0.25) is 5.91 Å². The van der Waals surface area contributed by atoms with Gasteiger partial charge in [-0.2, -0.15) is 0 Å². The lowest BCUT2D eigenvalue weighted by Crippen LogP contribution is -2.45. The molecule has 4 nitrogen and oxygen atoms in total. The van der Waals surface area contributed by atoms with Crippen molar-refractivity contribution in [2.24, 2.45) is 11.7 Å². The topological polar surface area (TPSA) is 64.3 Å². The zero-order chi connectivity index (χ0) is 11.8. The lowest BCUT2D eigenvalue weighted by atomic mass is 10.1. The predicted octanol–water partition coefficient (Wildman–Crippen LogP) is 1.05. The highest BCUT2D eigenvalue weighted by Crippen LogP contribution is 2.24. The van der Waals surface area contributed by atoms with Crippen molar-refractivity contribution in [3.63, 3.8) is 0 Å². The van der Waals surface area contributed by atoms with Crippen LogP contribution in [0.1, 0.15) is 39.0 Å². The van der Waals surface area contributed by atoms with Gasteiger partial charge in [0, 0.05) is 6.61 Å². The molecule has 0 bridgehead atoms. The van der Waals surface area contributed by atoms with Crippen LogP contribution in [0.25, 0.3) is 0 Å². The minimum atomic E-state index is -0.332. The van der Waals surface area contributed by atoms with E-state index in [1.54, 1.807) is 0 Å². The zero-order valence-electron chi connectivity index (χ0n) is 10.2. The molecule has 0 aliphatic heterocycles. The fourth-order valence-corrected chi connectivity index (χ4v) is 2.09. The third-order valence-corrected chi connectivity index (χ3v) is 3.10. The van der Waals surface area contributed by atoms with Gasteiger partial charge in [-0.1, -0.05) is 19.8 Å². The number of ether oxygens (including phenoxy) is 1. The Labute approximate surface area is 97.9 Å². The first-order valence-electron chi connectivity index (χ1n) is 6.34. The van der Waals surface area contributed by atoms with Gasteiger partial charge in [0.15, 0.2) is 0 Å². The van der Waals surface area contributed by atoms with E-state index in [4.69, 9.17) is 10.5 Å². The summed E-state index contributed by atoms with van der Waals surface area (Å²) < 4.78 is 5.57. The van der Waals surface area contributed by atoms with Crippen molar-refractivity contribution in [2.45, 2.75) is 45.1 Å². The molecular weight excluding hydrogens is 204 g/mol. The van der Waals surface area contributed by atoms with Crippen LogP contribution in [-0.2, 0) is 9.53 Å². The molecule has 1 atom stereocenters. The second-order valence-electron chi connectivity index (χ2n) is 4.60. The van der Waals surface area contributed by atoms with Crippen molar-refractivity contribution >= 4 is 5.91 Å². The second kappa shape index (κ2) is 7.63. The summed E-state index contributed by atoms with van der Waals surface area (Å²) in [6.45, 7) is 4.05. The molecule has 4 heteroatoms. The van der Waals surface area contributed by atoms with Crippen molar-refractivity contribution in [3.8, 4) is 0 Å². The van der Waals surface area contributed by atoms with E-state index < -0.39 is 0 Å². The zero-order valence-corrected chi connectivity index (χ0v) is 10.2. The fraction of sp³-hybridized carbons (Fsp3) is 0.917. The maximum Gasteiger partial charge on any atom is 0.236 e. The molecule has 0 radical (unpaired) electrons. The van der Waals surface area contributed by atoms with Gasteiger partial charge in [0.05, 0.1) is 6.61 Å². The van der Waals surface area contributed by atoms with E-state index in [0.717, 1.165) is 19.6 Å². The largest absolute Gasteiger partial charge is 0.379 e. The van der Waals surface area contributed by atoms with Gasteiger partial charge in [-0.3, -0.25) is 4.79 Å². The van der Waals surface area contributed by atoms with Crippen molar-refractivity contribution in [3.05, 3.63) is 0 Å². The summed E-state index contributed by atoms with van der Waals surface area (Å²) >= 11 is 0. The Bertz CT molecular complexity index is 203. The summed E-state index contributed by atoms with van der Waals surface area (Å²) in [5.41, 5.74) is 5.29. The maximum atomic E-state index is 11.1. The minimum Gasteiger partial charge on any atom is -0.379 e. The van der Waals surface area contributed by atoms with Crippen molar-refractivity contribution in [2.75, 3.05) is 19.8 Å². The number of rotatable bonds is 8. The van der Waals surface area contributed by atoms with E-state index in [1.807, 2.05) is 0 Å². The molecule has 0 aromatic carbocycles. The van der Waals surface area contributed by atoms with Crippen LogP contribution in [-0.4, -0.2) is 31.7 Å². The molecule has 16 heavy (non-hydrogen) atoms. The Balaban J connectivity index is 2.13. The summed E-state index contributed by atoms with van der Waals surface area (Å²) in [4.78, 5) is 11.1. The molecule has 1 aliphatic carbocycles. The van der Waals surface area contributed by atoms with Crippen LogP contribution >= 0.6 is 0 Å². The number of nitrogens with one attached hydrogen (secondary N) is 1. The molecule has 1 saturated carbocycles. The van der Waals surface area contributed by atoms with Gasteiger partial charge in [-0.15, -0.1) is 0 Å². The Kier molecular flexibility index (Phi) is 6.42. The lowest BCUT2D eigenvalue weighted by Gasteiger charge is -2.16. The number of hydrogen-bond donors (Lipinski definition) is 2. The van der Waals surface area contributed by atoms with Gasteiger partial charge < -0.3 is 15.8 Å². The number of carbonyl (C=O) groups excluding carboxylic acids is 1. The highest BCUT2D eigenvalue weighted by atomic mass is 16.5. The Morgan fingerprint density at radius 3 is 2.75 bits per heavy atom. The summed E-state index contributed by atoms with van der Waals surface area (Å²) in [5.74, 6) is 0.375. The molecule has 3 N–H and O–H groups in total. The first-order chi connectivity index (χ1) is 7.74. The molecule has 0 aromatic heterocycles. The maximum absolute atomic E-state index is 11.1. The Hall–Kier alpha value is -0.610. The summed E-state index contributed by atoms with van der Waals surface area (Å²) in [5, 5.41) is 3.09. The number of hydrogen-bond acceptors (Lipinski definition) is 3. The SMILES string of the molecule is CCCNC(COCC1CCCC1)C(N)=O. The Morgan fingerprint density at radius 2 is 2.19 bits per heavy atom. The van der Waals surface area contributed by atoms with Gasteiger partial charge in [-0.05, 0) is 31.7 Å². The summed E-state index contributed by atoms with van der Waals surface area (Å²) in [6.07, 6.45) is 6.17. The monoisotopic (exact) mass is 228 g/mol. The molecule has 0 spiro atoms. The quantitative estimate of drug-likeness (QED) is 0.652. The van der Waals surface area contributed by atoms with Gasteiger partial charge >= 0.3 is 0 Å². The van der Waals surface area contributed by atoms with Crippen LogP contribution in [0, 0.1) is 5.92 Å². The van der Waals surface area contributed by atoms with E-state index in [1.165, 1.54) is 25.7 Å². The third kappa shape index (κ3) is 4.94. The number of amides is 1. The van der Waals surface area contributed by atoms with Gasteiger partial charge in [0.1, 0.15) is 6.04 Å². The van der Waals surface area contributed by atoms with Crippen LogP contribution < -0.4 is 11.1 Å². The molecule has 1 amide bonds. The van der Waals surface area contributed by atoms with Crippen LogP contribution in [0.15, 0.2) is 0 Å². The first-order valence-corrected chi connectivity index (χ1v) is 6.34. The van der Waals surface area contributed by atoms with Crippen molar-refractivity contribution in [1.82, 2.24) is 5.32 Å². The predicted molar refractivity (Wildman–Crippen MR) is 64.1 cm³/mol. The highest BCUT2D eigenvalue weighted by Gasteiger charge is 2.18. The van der Waals surface area contributed by atoms with E-state index >= 15 is 0 Å². The number of primary amides is 1. The molecular formula is C12H24N2O2. The van der Waals surface area contributed by atoms with Crippen LogP contribution in [0.4, 0.5) is 0 Å². The molecule has 0 aromatic rings. The van der Waals surface area contributed by atoms with Crippen LogP contribution in [0.3, 0.4) is 0 Å². The molecule has 1 aliphatic rings. The third-order valence-electron chi connectivity index (χ3n) is 3.10. The normalized spacial score (nSPS) is 18.8. The average molecular weight is 228 g/mol. The summed E-state index contributed by atoms with van der Waals surface area (Å²) in [7, 11) is 0. The number of nitrogens with two attached hydrogens (primary N) is 1. The molecule has 0 saturated heterocycles. The van der Waals surface area contributed by atoms with E-state index in [-0.39, 0.29) is 11.9 Å². The van der Waals surface area contributed by atoms with E-state index in [9.17, 15) is 4.79 Å². The average Bonchev–Trinajstić information content (AvgIpc) is 2.75. The second-order valence-corrected chi connectivity index (χ2v) is 4.60. The van der Waals surface area contributed by atoms with E-state index in [2.05, 4.69) is 12.2 Å². The fourth-order valence-electron chi connectivity index (χ4n) is 2.09. The molecule has 1 unspecified atom stereocenters. The molecule has 1 rings (SSSR count). The van der Waals surface area contributed by atoms with Crippen molar-refractivity contribution < 1.29 is 9.53 Å². The smallest absolute Gasteiger partial charge is 0.236 e. The summed E-state index contributed by atoms with van der Waals surface area (Å²) in [6, 6.07) is -0.332. The number of carbonyl (C=O) groups is 1. The van der Waals surface area contributed by atoms with Crippen molar-refractivity contribution in [1.29, 1.82) is 0 Å². The molecule has 0 heterocycles. The van der Waals surface area contributed by atoms with Gasteiger partial charge in [-0.25, -0.2) is 0 Å². The van der Waals surface area contributed by atoms with E-state index in [0.29, 0.717) is 12.5 Å². The lowest BCUT2D eigenvalue weighted by molar-refractivity contribution is -0.121. The molecule has 1 fully saturated rings. The Morgan fingerprint density at radius 1 is 1.50 bits per heavy atom. The first kappa shape index (κ1) is 13.5. The molecule has 94 valence electrons. The standard InChI is InChI=1S/C12H24N2O2/c1-2-7-14-11(12(13)15)9-16-8-10-5-3-4-6-10/h10-11,14H,2-9H2,1H3,(H2,13,15). The van der Waals surface area contributed by atoms with Gasteiger partial charge in [0.25, 0.3) is 0 Å².